The van der Waals surface area contributed by atoms with Crippen LogP contribution in [-0.2, 0) is 0 Å². The highest BCUT2D eigenvalue weighted by atomic mass is 16.4. The highest BCUT2D eigenvalue weighted by molar-refractivity contribution is 6.10. The number of rotatable bonds is 2. The number of benzene rings is 2. The molecule has 23 heavy (non-hydrogen) atoms. The van der Waals surface area contributed by atoms with Gasteiger partial charge in [0.15, 0.2) is 5.58 Å². The molecule has 0 aliphatic rings. The van der Waals surface area contributed by atoms with Gasteiger partial charge in [-0.25, -0.2) is 4.79 Å². The zero-order chi connectivity index (χ0) is 16.0. The van der Waals surface area contributed by atoms with E-state index in [2.05, 4.69) is 5.32 Å². The Kier molecular flexibility index (Phi) is 2.98. The minimum atomic E-state index is -0.356. The Morgan fingerprint density at radius 3 is 2.57 bits per heavy atom. The maximum absolute atomic E-state index is 11.8. The summed E-state index contributed by atoms with van der Waals surface area (Å²) in [5, 5.41) is 5.02. The molecule has 0 radical (unpaired) electrons. The van der Waals surface area contributed by atoms with Crippen molar-refractivity contribution in [1.82, 2.24) is 0 Å². The second-order valence-corrected chi connectivity index (χ2v) is 5.70. The minimum Gasteiger partial charge on any atom is -0.462 e. The van der Waals surface area contributed by atoms with Crippen LogP contribution in [0.4, 0.5) is 11.4 Å². The van der Waals surface area contributed by atoms with Gasteiger partial charge >= 0.3 is 5.63 Å². The lowest BCUT2D eigenvalue weighted by Crippen LogP contribution is -1.98. The van der Waals surface area contributed by atoms with E-state index in [9.17, 15) is 4.79 Å². The van der Waals surface area contributed by atoms with Crippen molar-refractivity contribution >= 4 is 33.3 Å². The van der Waals surface area contributed by atoms with Crippen molar-refractivity contribution in [2.45, 2.75) is 13.8 Å². The molecule has 4 rings (SSSR count). The molecule has 0 atom stereocenters. The van der Waals surface area contributed by atoms with Crippen LogP contribution >= 0.6 is 0 Å². The third kappa shape index (κ3) is 2.28. The first kappa shape index (κ1) is 13.6. The molecule has 4 nitrogen and oxygen atoms in total. The van der Waals surface area contributed by atoms with Gasteiger partial charge in [0, 0.05) is 17.1 Å². The van der Waals surface area contributed by atoms with Crippen molar-refractivity contribution in [3.05, 3.63) is 70.3 Å². The molecule has 1 N–H and O–H groups in total. The Hall–Kier alpha value is -3.01. The standard InChI is InChI=1S/C19H15NO3/c1-11-3-5-13(6-4-11)20-15-10-22-16-8-7-14-12(2)9-17(21)23-19(14)18(15)16/h3-10,20H,1-2H3. The predicted octanol–water partition coefficient (Wildman–Crippen LogP) is 4.90. The van der Waals surface area contributed by atoms with Crippen molar-refractivity contribution in [1.29, 1.82) is 0 Å². The maximum atomic E-state index is 11.8. The Labute approximate surface area is 132 Å². The number of anilines is 2. The number of nitrogens with one attached hydrogen (secondary N) is 1. The van der Waals surface area contributed by atoms with Crippen molar-refractivity contribution in [3.8, 4) is 0 Å². The minimum absolute atomic E-state index is 0.356. The molecule has 0 bridgehead atoms. The topological polar surface area (TPSA) is 55.4 Å². The van der Waals surface area contributed by atoms with Crippen LogP contribution < -0.4 is 10.9 Å². The molecule has 0 saturated carbocycles. The van der Waals surface area contributed by atoms with Gasteiger partial charge in [0.1, 0.15) is 11.8 Å². The third-order valence-electron chi connectivity index (χ3n) is 3.98. The summed E-state index contributed by atoms with van der Waals surface area (Å²) in [6.45, 7) is 3.94. The van der Waals surface area contributed by atoms with Crippen molar-refractivity contribution in [3.63, 3.8) is 0 Å². The van der Waals surface area contributed by atoms with E-state index in [1.165, 1.54) is 11.6 Å². The van der Waals surface area contributed by atoms with Gasteiger partial charge in [-0.3, -0.25) is 0 Å². The molecular formula is C19H15NO3. The van der Waals surface area contributed by atoms with Gasteiger partial charge in [0.05, 0.1) is 11.1 Å². The number of aryl methyl sites for hydroxylation is 2. The smallest absolute Gasteiger partial charge is 0.336 e. The molecule has 4 heteroatoms. The lowest BCUT2D eigenvalue weighted by atomic mass is 10.1. The van der Waals surface area contributed by atoms with E-state index in [1.807, 2.05) is 50.2 Å². The lowest BCUT2D eigenvalue weighted by Gasteiger charge is -2.06. The Bertz CT molecular complexity index is 1070. The Morgan fingerprint density at radius 2 is 1.78 bits per heavy atom. The first-order valence-corrected chi connectivity index (χ1v) is 7.40. The number of hydrogen-bond acceptors (Lipinski definition) is 4. The van der Waals surface area contributed by atoms with E-state index in [4.69, 9.17) is 8.83 Å². The SMILES string of the molecule is Cc1ccc(Nc2coc3ccc4c(C)cc(=O)oc4c23)cc1. The van der Waals surface area contributed by atoms with Crippen LogP contribution in [-0.4, -0.2) is 0 Å². The van der Waals surface area contributed by atoms with E-state index in [0.717, 1.165) is 27.7 Å². The molecule has 0 amide bonds. The van der Waals surface area contributed by atoms with Gasteiger partial charge in [-0.1, -0.05) is 17.7 Å². The lowest BCUT2D eigenvalue weighted by molar-refractivity contribution is 0.562. The van der Waals surface area contributed by atoms with Crippen LogP contribution in [0.25, 0.3) is 21.9 Å². The van der Waals surface area contributed by atoms with E-state index >= 15 is 0 Å². The molecule has 114 valence electrons. The summed E-state index contributed by atoms with van der Waals surface area (Å²) in [6, 6.07) is 13.4. The molecule has 2 heterocycles. The summed E-state index contributed by atoms with van der Waals surface area (Å²) in [5.74, 6) is 0. The van der Waals surface area contributed by atoms with Crippen LogP contribution in [0, 0.1) is 13.8 Å². The molecule has 0 aliphatic heterocycles. The monoisotopic (exact) mass is 305 g/mol. The van der Waals surface area contributed by atoms with Gasteiger partial charge in [-0.15, -0.1) is 0 Å². The van der Waals surface area contributed by atoms with E-state index in [0.29, 0.717) is 11.2 Å². The maximum Gasteiger partial charge on any atom is 0.336 e. The first-order valence-electron chi connectivity index (χ1n) is 7.40. The predicted molar refractivity (Wildman–Crippen MR) is 91.5 cm³/mol. The van der Waals surface area contributed by atoms with Gasteiger partial charge in [0.2, 0.25) is 0 Å². The summed E-state index contributed by atoms with van der Waals surface area (Å²) >= 11 is 0. The molecule has 4 aromatic rings. The summed E-state index contributed by atoms with van der Waals surface area (Å²) in [6.07, 6.45) is 1.65. The van der Waals surface area contributed by atoms with Crippen LogP contribution in [0.1, 0.15) is 11.1 Å². The van der Waals surface area contributed by atoms with Crippen LogP contribution in [0.15, 0.2) is 62.4 Å². The van der Waals surface area contributed by atoms with Crippen LogP contribution in [0.2, 0.25) is 0 Å². The summed E-state index contributed by atoms with van der Waals surface area (Å²) in [7, 11) is 0. The second kappa shape index (κ2) is 5.02. The van der Waals surface area contributed by atoms with Gasteiger partial charge in [-0.05, 0) is 43.7 Å². The van der Waals surface area contributed by atoms with Crippen molar-refractivity contribution in [2.24, 2.45) is 0 Å². The van der Waals surface area contributed by atoms with Crippen molar-refractivity contribution in [2.75, 3.05) is 5.32 Å². The molecule has 0 spiro atoms. The van der Waals surface area contributed by atoms with E-state index < -0.39 is 0 Å². The van der Waals surface area contributed by atoms with Gasteiger partial charge in [-0.2, -0.15) is 0 Å². The average Bonchev–Trinajstić information content (AvgIpc) is 2.93. The summed E-state index contributed by atoms with van der Waals surface area (Å²) in [5.41, 5.74) is 4.69. The summed E-state index contributed by atoms with van der Waals surface area (Å²) in [4.78, 5) is 11.8. The largest absolute Gasteiger partial charge is 0.462 e. The van der Waals surface area contributed by atoms with Crippen LogP contribution in [0.5, 0.6) is 0 Å². The van der Waals surface area contributed by atoms with Crippen LogP contribution in [0.3, 0.4) is 0 Å². The molecule has 2 aromatic carbocycles. The fourth-order valence-electron chi connectivity index (χ4n) is 2.78. The fourth-order valence-corrected chi connectivity index (χ4v) is 2.78. The average molecular weight is 305 g/mol. The zero-order valence-electron chi connectivity index (χ0n) is 12.8. The van der Waals surface area contributed by atoms with E-state index in [-0.39, 0.29) is 5.63 Å². The molecule has 0 aliphatic carbocycles. The Morgan fingerprint density at radius 1 is 1.00 bits per heavy atom. The van der Waals surface area contributed by atoms with Gasteiger partial charge in [0.25, 0.3) is 0 Å². The molecule has 2 aromatic heterocycles. The van der Waals surface area contributed by atoms with E-state index in [1.54, 1.807) is 6.26 Å². The normalized spacial score (nSPS) is 11.2. The third-order valence-corrected chi connectivity index (χ3v) is 3.98. The molecular weight excluding hydrogens is 290 g/mol. The highest BCUT2D eigenvalue weighted by Crippen LogP contribution is 2.35. The number of furan rings is 1. The molecule has 0 saturated heterocycles. The fraction of sp³-hybridized carbons (Fsp3) is 0.105. The second-order valence-electron chi connectivity index (χ2n) is 5.70. The zero-order valence-corrected chi connectivity index (χ0v) is 12.8. The number of hydrogen-bond donors (Lipinski definition) is 1. The molecule has 0 fully saturated rings. The summed E-state index contributed by atoms with van der Waals surface area (Å²) < 4.78 is 11.1. The Balaban J connectivity index is 1.95. The number of fused-ring (bicyclic) bond motifs is 3. The first-order chi connectivity index (χ1) is 11.1. The quantitative estimate of drug-likeness (QED) is 0.535. The van der Waals surface area contributed by atoms with Crippen molar-refractivity contribution < 1.29 is 8.83 Å². The highest BCUT2D eigenvalue weighted by Gasteiger charge is 2.14. The molecule has 0 unspecified atom stereocenters. The van der Waals surface area contributed by atoms with Gasteiger partial charge < -0.3 is 14.2 Å².